The fourth-order valence-electron chi connectivity index (χ4n) is 1.12. The molecule has 1 heterocycles. The van der Waals surface area contributed by atoms with Gasteiger partial charge in [-0.2, -0.15) is 0 Å². The van der Waals surface area contributed by atoms with Crippen molar-refractivity contribution < 1.29 is 4.74 Å². The lowest BCUT2D eigenvalue weighted by Crippen LogP contribution is -1.87. The molecule has 0 bridgehead atoms. The second-order valence-corrected chi connectivity index (χ2v) is 5.61. The van der Waals surface area contributed by atoms with Crippen molar-refractivity contribution in [3.63, 3.8) is 0 Å². The van der Waals surface area contributed by atoms with E-state index in [0.717, 1.165) is 24.9 Å². The molecule has 0 spiro atoms. The molecule has 0 atom stereocenters. The Labute approximate surface area is 118 Å². The molecule has 82 valence electrons. The molecule has 0 fully saturated rings. The van der Waals surface area contributed by atoms with E-state index in [-0.39, 0.29) is 0 Å². The summed E-state index contributed by atoms with van der Waals surface area (Å²) in [7, 11) is 0. The topological polar surface area (TPSA) is 22.1 Å². The molecule has 0 amide bonds. The average Bonchev–Trinajstić information content (AvgIpc) is 2.25. The van der Waals surface area contributed by atoms with Crippen molar-refractivity contribution >= 4 is 47.8 Å². The second kappa shape index (κ2) is 5.29. The lowest BCUT2D eigenvalue weighted by Gasteiger charge is -2.08. The maximum Gasteiger partial charge on any atom is 0.144 e. The van der Waals surface area contributed by atoms with Crippen molar-refractivity contribution in [1.29, 1.82) is 0 Å². The molecule has 0 N–H and O–H groups in total. The first kappa shape index (κ1) is 12.1. The van der Waals surface area contributed by atoms with E-state index in [1.54, 1.807) is 18.5 Å². The first-order chi connectivity index (χ1) is 7.66. The van der Waals surface area contributed by atoms with Crippen LogP contribution in [0.1, 0.15) is 0 Å². The molecular weight excluding hydrogens is 402 g/mol. The predicted molar refractivity (Wildman–Crippen MR) is 73.9 cm³/mol. The van der Waals surface area contributed by atoms with Crippen molar-refractivity contribution in [2.45, 2.75) is 0 Å². The summed E-state index contributed by atoms with van der Waals surface area (Å²) in [5.41, 5.74) is 0. The maximum absolute atomic E-state index is 5.74. The minimum Gasteiger partial charge on any atom is -0.455 e. The Morgan fingerprint density at radius 2 is 1.69 bits per heavy atom. The standard InChI is InChI=1S/C11H6Br3NO/c12-7-1-2-10(8(13)5-7)16-11-3-4-15-6-9(11)14/h1-6H. The summed E-state index contributed by atoms with van der Waals surface area (Å²) in [5, 5.41) is 0. The fourth-order valence-corrected chi connectivity index (χ4v) is 2.58. The number of pyridine rings is 1. The number of ether oxygens (including phenoxy) is 1. The third kappa shape index (κ3) is 2.84. The molecule has 0 aliphatic heterocycles. The van der Waals surface area contributed by atoms with E-state index in [2.05, 4.69) is 52.8 Å². The third-order valence-corrected chi connectivity index (χ3v) is 3.56. The zero-order valence-corrected chi connectivity index (χ0v) is 12.7. The Morgan fingerprint density at radius 1 is 0.938 bits per heavy atom. The number of hydrogen-bond acceptors (Lipinski definition) is 2. The van der Waals surface area contributed by atoms with Gasteiger partial charge in [0, 0.05) is 22.9 Å². The van der Waals surface area contributed by atoms with Gasteiger partial charge in [-0.05, 0) is 50.1 Å². The summed E-state index contributed by atoms with van der Waals surface area (Å²) in [5.74, 6) is 1.49. The summed E-state index contributed by atoms with van der Waals surface area (Å²) in [6.45, 7) is 0. The minimum atomic E-state index is 0.734. The molecule has 0 saturated heterocycles. The molecule has 0 aliphatic carbocycles. The van der Waals surface area contributed by atoms with Crippen molar-refractivity contribution in [2.75, 3.05) is 0 Å². The van der Waals surface area contributed by atoms with Crippen molar-refractivity contribution in [1.82, 2.24) is 4.98 Å². The van der Waals surface area contributed by atoms with Gasteiger partial charge in [0.2, 0.25) is 0 Å². The highest BCUT2D eigenvalue weighted by Gasteiger charge is 2.05. The quantitative estimate of drug-likeness (QED) is 0.685. The molecule has 0 aliphatic rings. The first-order valence-electron chi connectivity index (χ1n) is 4.39. The molecular formula is C11H6Br3NO. The van der Waals surface area contributed by atoms with Crippen molar-refractivity contribution in [3.8, 4) is 11.5 Å². The zero-order valence-electron chi connectivity index (χ0n) is 7.95. The number of rotatable bonds is 2. The highest BCUT2D eigenvalue weighted by atomic mass is 79.9. The Bertz CT molecular complexity index is 516. The lowest BCUT2D eigenvalue weighted by atomic mass is 10.3. The summed E-state index contributed by atoms with van der Waals surface area (Å²) in [4.78, 5) is 3.98. The van der Waals surface area contributed by atoms with Crippen molar-refractivity contribution in [2.24, 2.45) is 0 Å². The number of halogens is 3. The van der Waals surface area contributed by atoms with E-state index in [0.29, 0.717) is 0 Å². The SMILES string of the molecule is Brc1ccc(Oc2ccncc2Br)c(Br)c1. The van der Waals surface area contributed by atoms with Gasteiger partial charge in [0.25, 0.3) is 0 Å². The molecule has 1 aromatic carbocycles. The van der Waals surface area contributed by atoms with Crippen LogP contribution in [0.25, 0.3) is 0 Å². The van der Waals surface area contributed by atoms with E-state index in [1.165, 1.54) is 0 Å². The normalized spacial score (nSPS) is 10.2. The van der Waals surface area contributed by atoms with Gasteiger partial charge in [0.05, 0.1) is 8.95 Å². The minimum absolute atomic E-state index is 0.734. The number of nitrogens with zero attached hydrogens (tertiary/aromatic N) is 1. The first-order valence-corrected chi connectivity index (χ1v) is 6.77. The van der Waals surface area contributed by atoms with Crippen LogP contribution in [0.5, 0.6) is 11.5 Å². The van der Waals surface area contributed by atoms with Gasteiger partial charge in [0.15, 0.2) is 0 Å². The Morgan fingerprint density at radius 3 is 2.38 bits per heavy atom. The van der Waals surface area contributed by atoms with Gasteiger partial charge in [-0.15, -0.1) is 0 Å². The summed E-state index contributed by atoms with van der Waals surface area (Å²) in [6.07, 6.45) is 3.38. The van der Waals surface area contributed by atoms with Crippen LogP contribution in [0.3, 0.4) is 0 Å². The van der Waals surface area contributed by atoms with Gasteiger partial charge in [-0.25, -0.2) is 0 Å². The lowest BCUT2D eigenvalue weighted by molar-refractivity contribution is 0.475. The van der Waals surface area contributed by atoms with Crippen LogP contribution >= 0.6 is 47.8 Å². The van der Waals surface area contributed by atoms with E-state index in [4.69, 9.17) is 4.74 Å². The molecule has 2 rings (SSSR count). The Hall–Kier alpha value is -0.390. The van der Waals surface area contributed by atoms with Gasteiger partial charge in [-0.3, -0.25) is 4.98 Å². The maximum atomic E-state index is 5.74. The summed E-state index contributed by atoms with van der Waals surface area (Å²) < 4.78 is 8.46. The van der Waals surface area contributed by atoms with E-state index < -0.39 is 0 Å². The molecule has 0 saturated carbocycles. The highest BCUT2D eigenvalue weighted by molar-refractivity contribution is 9.11. The number of aromatic nitrogens is 1. The zero-order chi connectivity index (χ0) is 11.5. The van der Waals surface area contributed by atoms with Gasteiger partial charge in [-0.1, -0.05) is 15.9 Å². The van der Waals surface area contributed by atoms with Crippen LogP contribution in [0.15, 0.2) is 50.1 Å². The van der Waals surface area contributed by atoms with Gasteiger partial charge in [0.1, 0.15) is 11.5 Å². The molecule has 16 heavy (non-hydrogen) atoms. The number of benzene rings is 1. The summed E-state index contributed by atoms with van der Waals surface area (Å²) in [6, 6.07) is 7.55. The molecule has 0 unspecified atom stereocenters. The van der Waals surface area contributed by atoms with Crippen LogP contribution in [0, 0.1) is 0 Å². The average molecular weight is 408 g/mol. The van der Waals surface area contributed by atoms with Crippen LogP contribution in [0.4, 0.5) is 0 Å². The van der Waals surface area contributed by atoms with Crippen LogP contribution < -0.4 is 4.74 Å². The van der Waals surface area contributed by atoms with E-state index in [1.807, 2.05) is 18.2 Å². The monoisotopic (exact) mass is 405 g/mol. The largest absolute Gasteiger partial charge is 0.455 e. The van der Waals surface area contributed by atoms with E-state index in [9.17, 15) is 0 Å². The predicted octanol–water partition coefficient (Wildman–Crippen LogP) is 5.16. The van der Waals surface area contributed by atoms with Gasteiger partial charge >= 0.3 is 0 Å². The van der Waals surface area contributed by atoms with Crippen molar-refractivity contribution in [3.05, 3.63) is 50.1 Å². The van der Waals surface area contributed by atoms with Crippen LogP contribution in [0.2, 0.25) is 0 Å². The molecule has 5 heteroatoms. The third-order valence-electron chi connectivity index (χ3n) is 1.85. The smallest absolute Gasteiger partial charge is 0.144 e. The molecule has 2 nitrogen and oxygen atoms in total. The highest BCUT2D eigenvalue weighted by Crippen LogP contribution is 2.34. The van der Waals surface area contributed by atoms with Crippen LogP contribution in [-0.4, -0.2) is 4.98 Å². The molecule has 1 aromatic heterocycles. The van der Waals surface area contributed by atoms with Crippen LogP contribution in [-0.2, 0) is 0 Å². The molecule has 2 aromatic rings. The van der Waals surface area contributed by atoms with E-state index >= 15 is 0 Å². The summed E-state index contributed by atoms with van der Waals surface area (Å²) >= 11 is 10.2. The van der Waals surface area contributed by atoms with Gasteiger partial charge < -0.3 is 4.74 Å². The molecule has 0 radical (unpaired) electrons. The second-order valence-electron chi connectivity index (χ2n) is 2.98. The Balaban J connectivity index is 2.31. The number of hydrogen-bond donors (Lipinski definition) is 0. The fraction of sp³-hybridized carbons (Fsp3) is 0. The Kier molecular flexibility index (Phi) is 4.00.